The molecule has 8 nitrogen and oxygen atoms in total. The van der Waals surface area contributed by atoms with Gasteiger partial charge in [0.2, 0.25) is 6.79 Å². The van der Waals surface area contributed by atoms with Crippen LogP contribution in [0.5, 0.6) is 11.5 Å². The molecular formula is C23H24N4O4. The molecule has 0 spiro atoms. The van der Waals surface area contributed by atoms with Gasteiger partial charge in [0, 0.05) is 44.3 Å². The summed E-state index contributed by atoms with van der Waals surface area (Å²) in [5.74, 6) is 1.52. The van der Waals surface area contributed by atoms with E-state index in [1.165, 1.54) is 4.57 Å². The molecule has 0 saturated carbocycles. The summed E-state index contributed by atoms with van der Waals surface area (Å²) < 4.78 is 14.2. The second-order valence-corrected chi connectivity index (χ2v) is 8.05. The van der Waals surface area contributed by atoms with Crippen molar-refractivity contribution < 1.29 is 14.3 Å². The molecule has 31 heavy (non-hydrogen) atoms. The third-order valence-corrected chi connectivity index (χ3v) is 6.05. The van der Waals surface area contributed by atoms with Crippen LogP contribution in [0.1, 0.15) is 28.8 Å². The zero-order chi connectivity index (χ0) is 21.4. The molecule has 0 unspecified atom stereocenters. The average Bonchev–Trinajstić information content (AvgIpc) is 3.45. The average molecular weight is 420 g/mol. The number of aryl methyl sites for hydroxylation is 1. The molecule has 0 bridgehead atoms. The van der Waals surface area contributed by atoms with E-state index in [4.69, 9.17) is 9.47 Å². The van der Waals surface area contributed by atoms with E-state index in [2.05, 4.69) is 5.10 Å². The van der Waals surface area contributed by atoms with E-state index in [-0.39, 0.29) is 23.8 Å². The van der Waals surface area contributed by atoms with Gasteiger partial charge in [-0.2, -0.15) is 5.10 Å². The summed E-state index contributed by atoms with van der Waals surface area (Å²) in [5, 5.41) is 4.27. The second kappa shape index (κ2) is 7.94. The first kappa shape index (κ1) is 19.4. The van der Waals surface area contributed by atoms with Gasteiger partial charge < -0.3 is 14.4 Å². The highest BCUT2D eigenvalue weighted by Crippen LogP contribution is 2.33. The number of carbonyl (C=O) groups is 1. The van der Waals surface area contributed by atoms with Gasteiger partial charge in [0.15, 0.2) is 11.5 Å². The quantitative estimate of drug-likeness (QED) is 0.648. The molecule has 4 heterocycles. The van der Waals surface area contributed by atoms with Gasteiger partial charge in [-0.15, -0.1) is 0 Å². The van der Waals surface area contributed by atoms with Crippen molar-refractivity contribution in [3.63, 3.8) is 0 Å². The first-order valence-electron chi connectivity index (χ1n) is 10.5. The van der Waals surface area contributed by atoms with Crippen LogP contribution in [0, 0.1) is 12.8 Å². The summed E-state index contributed by atoms with van der Waals surface area (Å²) in [4.78, 5) is 28.4. The van der Waals surface area contributed by atoms with Crippen LogP contribution in [0.4, 0.5) is 0 Å². The van der Waals surface area contributed by atoms with E-state index in [0.29, 0.717) is 41.8 Å². The number of aromatic nitrogens is 3. The lowest BCUT2D eigenvalue weighted by molar-refractivity contribution is 0.0678. The van der Waals surface area contributed by atoms with Crippen molar-refractivity contribution >= 4 is 5.91 Å². The Morgan fingerprint density at radius 1 is 1.13 bits per heavy atom. The predicted molar refractivity (Wildman–Crippen MR) is 114 cm³/mol. The standard InChI is InChI=1S/C23H24N4O4/c1-16-5-12-27(18-3-4-19-20(13-18)31-15-30-19)23(29)21(16)22(28)25-10-6-17(7-11-25)14-26-9-2-8-24-26/h2-5,8-9,12-13,17H,6-7,10-11,14-15H2,1H3. The molecule has 0 radical (unpaired) electrons. The van der Waals surface area contributed by atoms with E-state index in [1.54, 1.807) is 35.5 Å². The largest absolute Gasteiger partial charge is 0.454 e. The van der Waals surface area contributed by atoms with Crippen LogP contribution in [0.2, 0.25) is 0 Å². The molecule has 2 aromatic heterocycles. The summed E-state index contributed by atoms with van der Waals surface area (Å²) in [6.07, 6.45) is 7.23. The Balaban J connectivity index is 1.36. The molecule has 0 N–H and O–H groups in total. The molecule has 1 fully saturated rings. The fourth-order valence-corrected chi connectivity index (χ4v) is 4.27. The molecule has 2 aliphatic heterocycles. The van der Waals surface area contributed by atoms with Gasteiger partial charge in [-0.1, -0.05) is 0 Å². The van der Waals surface area contributed by atoms with Crippen LogP contribution in [0.3, 0.4) is 0 Å². The third-order valence-electron chi connectivity index (χ3n) is 6.05. The number of carbonyl (C=O) groups excluding carboxylic acids is 1. The van der Waals surface area contributed by atoms with Crippen LogP contribution in [-0.4, -0.2) is 45.0 Å². The molecule has 5 rings (SSSR count). The van der Waals surface area contributed by atoms with Crippen LogP contribution in [0.15, 0.2) is 53.7 Å². The van der Waals surface area contributed by atoms with Crippen LogP contribution < -0.4 is 15.0 Å². The van der Waals surface area contributed by atoms with E-state index in [1.807, 2.05) is 29.9 Å². The predicted octanol–water partition coefficient (Wildman–Crippen LogP) is 2.62. The molecule has 2 aliphatic rings. The molecule has 3 aromatic rings. The minimum Gasteiger partial charge on any atom is -0.454 e. The highest BCUT2D eigenvalue weighted by Gasteiger charge is 2.27. The van der Waals surface area contributed by atoms with Gasteiger partial charge >= 0.3 is 0 Å². The number of benzene rings is 1. The number of likely N-dealkylation sites (tertiary alicyclic amines) is 1. The first-order chi connectivity index (χ1) is 15.1. The Labute approximate surface area is 179 Å². The maximum atomic E-state index is 13.3. The van der Waals surface area contributed by atoms with Gasteiger partial charge in [0.05, 0.1) is 5.69 Å². The van der Waals surface area contributed by atoms with Crippen molar-refractivity contribution in [2.75, 3.05) is 19.9 Å². The summed E-state index contributed by atoms with van der Waals surface area (Å²) >= 11 is 0. The van der Waals surface area contributed by atoms with Crippen LogP contribution in [0.25, 0.3) is 5.69 Å². The Hall–Kier alpha value is -3.55. The van der Waals surface area contributed by atoms with Crippen molar-refractivity contribution in [2.24, 2.45) is 5.92 Å². The summed E-state index contributed by atoms with van der Waals surface area (Å²) in [7, 11) is 0. The Bertz CT molecular complexity index is 1160. The number of piperidine rings is 1. The number of rotatable bonds is 4. The van der Waals surface area contributed by atoms with Crippen LogP contribution in [-0.2, 0) is 6.54 Å². The second-order valence-electron chi connectivity index (χ2n) is 8.05. The lowest BCUT2D eigenvalue weighted by Crippen LogP contribution is -2.42. The normalized spacial score (nSPS) is 16.0. The monoisotopic (exact) mass is 420 g/mol. The van der Waals surface area contributed by atoms with Crippen molar-refractivity contribution in [3.8, 4) is 17.2 Å². The number of amides is 1. The van der Waals surface area contributed by atoms with E-state index in [0.717, 1.165) is 19.4 Å². The molecule has 1 amide bonds. The molecule has 8 heteroatoms. The highest BCUT2D eigenvalue weighted by atomic mass is 16.7. The summed E-state index contributed by atoms with van der Waals surface area (Å²) in [6, 6.07) is 9.05. The van der Waals surface area contributed by atoms with Crippen molar-refractivity contribution in [3.05, 3.63) is 70.4 Å². The van der Waals surface area contributed by atoms with E-state index in [9.17, 15) is 9.59 Å². The van der Waals surface area contributed by atoms with E-state index < -0.39 is 0 Å². The van der Waals surface area contributed by atoms with Crippen molar-refractivity contribution in [2.45, 2.75) is 26.3 Å². The number of nitrogens with zero attached hydrogens (tertiary/aromatic N) is 4. The number of hydrogen-bond donors (Lipinski definition) is 0. The number of ether oxygens (including phenoxy) is 2. The van der Waals surface area contributed by atoms with Gasteiger partial charge in [-0.3, -0.25) is 18.8 Å². The molecule has 0 aliphatic carbocycles. The first-order valence-corrected chi connectivity index (χ1v) is 10.5. The van der Waals surface area contributed by atoms with Gasteiger partial charge in [-0.05, 0) is 55.5 Å². The van der Waals surface area contributed by atoms with Gasteiger partial charge in [-0.25, -0.2) is 0 Å². The Morgan fingerprint density at radius 2 is 1.94 bits per heavy atom. The summed E-state index contributed by atoms with van der Waals surface area (Å²) in [5.41, 5.74) is 1.24. The molecule has 1 aromatic carbocycles. The fraction of sp³-hybridized carbons (Fsp3) is 0.348. The van der Waals surface area contributed by atoms with Crippen molar-refractivity contribution in [1.29, 1.82) is 0 Å². The molecule has 1 saturated heterocycles. The number of fused-ring (bicyclic) bond motifs is 1. The minimum atomic E-state index is -0.317. The Morgan fingerprint density at radius 3 is 2.71 bits per heavy atom. The zero-order valence-electron chi connectivity index (χ0n) is 17.4. The minimum absolute atomic E-state index is 0.168. The van der Waals surface area contributed by atoms with Crippen molar-refractivity contribution in [1.82, 2.24) is 19.2 Å². The van der Waals surface area contributed by atoms with Gasteiger partial charge in [0.1, 0.15) is 5.56 Å². The molecule has 160 valence electrons. The van der Waals surface area contributed by atoms with E-state index >= 15 is 0 Å². The fourth-order valence-electron chi connectivity index (χ4n) is 4.27. The Kier molecular flexibility index (Phi) is 4.97. The maximum Gasteiger partial charge on any atom is 0.268 e. The summed E-state index contributed by atoms with van der Waals surface area (Å²) in [6.45, 7) is 4.12. The highest BCUT2D eigenvalue weighted by molar-refractivity contribution is 5.95. The maximum absolute atomic E-state index is 13.3. The topological polar surface area (TPSA) is 78.6 Å². The molecular weight excluding hydrogens is 396 g/mol. The zero-order valence-corrected chi connectivity index (χ0v) is 17.4. The van der Waals surface area contributed by atoms with Crippen LogP contribution >= 0.6 is 0 Å². The lowest BCUT2D eigenvalue weighted by atomic mass is 9.96. The number of hydrogen-bond acceptors (Lipinski definition) is 5. The molecule has 0 atom stereocenters. The van der Waals surface area contributed by atoms with Gasteiger partial charge in [0.25, 0.3) is 11.5 Å². The SMILES string of the molecule is Cc1ccn(-c2ccc3c(c2)OCO3)c(=O)c1C(=O)N1CCC(Cn2cccn2)CC1. The number of pyridine rings is 1. The smallest absolute Gasteiger partial charge is 0.268 e. The lowest BCUT2D eigenvalue weighted by Gasteiger charge is -2.32. The third kappa shape index (κ3) is 3.69.